The normalized spacial score (nSPS) is 24.5. The minimum Gasteiger partial charge on any atom is -0.469 e. The standard InChI is InChI=1S/C35H38N4O5/c1-8-20-16(3)25-15-28-21(9-2)17(4)24(38-28)14-26-18(5)22(10-11-29(40)43-6)32(39-26)30-31(35(42)44-7)34(41)23-12-19(36-33(23)30)13-27(20)37-25/h9,12-15,18,22,31,36-39H,2,8,10-11H2,1,3-7H3/b25-15-,26-14-,27-13-,32-30-/t18-,22-,31+/m0/s1. The summed E-state index contributed by atoms with van der Waals surface area (Å²) >= 11 is 0. The minimum absolute atomic E-state index is 0.0569. The summed E-state index contributed by atoms with van der Waals surface area (Å²) in [6.07, 6.45) is 9.57. The van der Waals surface area contributed by atoms with Gasteiger partial charge in [0.25, 0.3) is 0 Å². The van der Waals surface area contributed by atoms with E-state index in [-0.39, 0.29) is 30.0 Å². The molecule has 4 N–H and O–H groups in total. The highest BCUT2D eigenvalue weighted by Gasteiger charge is 2.47. The van der Waals surface area contributed by atoms with E-state index in [0.29, 0.717) is 23.3 Å². The highest BCUT2D eigenvalue weighted by molar-refractivity contribution is 6.23. The third kappa shape index (κ3) is 4.49. The van der Waals surface area contributed by atoms with Crippen LogP contribution >= 0.6 is 0 Å². The molecule has 3 aromatic heterocycles. The maximum absolute atomic E-state index is 13.9. The maximum Gasteiger partial charge on any atom is 0.321 e. The predicted octanol–water partition coefficient (Wildman–Crippen LogP) is 4.01. The largest absolute Gasteiger partial charge is 0.469 e. The lowest BCUT2D eigenvalue weighted by Crippen LogP contribution is -2.25. The highest BCUT2D eigenvalue weighted by atomic mass is 16.5. The molecule has 3 aromatic rings. The molecule has 0 amide bonds. The lowest BCUT2D eigenvalue weighted by molar-refractivity contribution is -0.142. The molecule has 6 rings (SSSR count). The van der Waals surface area contributed by atoms with E-state index in [4.69, 9.17) is 9.47 Å². The molecule has 0 radical (unpaired) electrons. The summed E-state index contributed by atoms with van der Waals surface area (Å²) < 4.78 is 10.1. The van der Waals surface area contributed by atoms with Gasteiger partial charge in [0.15, 0.2) is 5.78 Å². The summed E-state index contributed by atoms with van der Waals surface area (Å²) in [5, 5.41) is 5.54. The number of methoxy groups -OCH3 is 2. The fraction of sp³-hybridized carbons (Fsp3) is 0.343. The molecule has 0 aromatic carbocycles. The number of aromatic nitrogens is 3. The molecule has 0 saturated carbocycles. The van der Waals surface area contributed by atoms with E-state index < -0.39 is 11.9 Å². The van der Waals surface area contributed by atoms with Crippen molar-refractivity contribution in [1.82, 2.24) is 20.3 Å². The molecule has 44 heavy (non-hydrogen) atoms. The number of hydrogen-bond acceptors (Lipinski definition) is 6. The van der Waals surface area contributed by atoms with Crippen LogP contribution in [0, 0.1) is 31.6 Å². The Hall–Kier alpha value is -4.79. The van der Waals surface area contributed by atoms with Crippen LogP contribution in [0.15, 0.2) is 24.0 Å². The Bertz CT molecular complexity index is 1930. The van der Waals surface area contributed by atoms with Crippen molar-refractivity contribution in [2.75, 3.05) is 14.2 Å². The molecule has 228 valence electrons. The van der Waals surface area contributed by atoms with Crippen molar-refractivity contribution in [3.05, 3.63) is 85.3 Å². The number of carbonyl (C=O) groups excluding carboxylic acids is 3. The van der Waals surface area contributed by atoms with Crippen LogP contribution in [0.4, 0.5) is 0 Å². The highest BCUT2D eigenvalue weighted by Crippen LogP contribution is 2.47. The van der Waals surface area contributed by atoms with Crippen LogP contribution in [0.1, 0.15) is 82.1 Å². The lowest BCUT2D eigenvalue weighted by Gasteiger charge is -2.19. The van der Waals surface area contributed by atoms with E-state index >= 15 is 0 Å². The molecule has 2 aliphatic heterocycles. The number of rotatable bonds is 6. The zero-order valence-electron chi connectivity index (χ0n) is 26.0. The average molecular weight is 595 g/mol. The number of carbonyl (C=O) groups is 3. The Balaban J connectivity index is 1.69. The zero-order valence-corrected chi connectivity index (χ0v) is 26.0. The summed E-state index contributed by atoms with van der Waals surface area (Å²) in [7, 11) is 2.67. The van der Waals surface area contributed by atoms with Gasteiger partial charge in [0, 0.05) is 74.1 Å². The SMILES string of the molecule is C=Cc1c2[nH]c(c1C)/C=C1\N/C(=C3\c4[nH]c(cc4C(=O)[C@@H]3C(=O)OC)/C=c3\[nH]/c(c(C)c3CC)=C\2)[C@@H](CCC(=O)OC)[C@@H]1C. The molecule has 1 fully saturated rings. The van der Waals surface area contributed by atoms with Crippen LogP contribution in [0.2, 0.25) is 0 Å². The number of hydrogen-bond donors (Lipinski definition) is 4. The van der Waals surface area contributed by atoms with Gasteiger partial charge in [-0.15, -0.1) is 0 Å². The summed E-state index contributed by atoms with van der Waals surface area (Å²) in [5.74, 6) is -2.60. The zero-order chi connectivity index (χ0) is 31.4. The van der Waals surface area contributed by atoms with E-state index in [9.17, 15) is 14.4 Å². The topological polar surface area (TPSA) is 129 Å². The summed E-state index contributed by atoms with van der Waals surface area (Å²) in [6, 6.07) is 1.81. The van der Waals surface area contributed by atoms with E-state index in [1.54, 1.807) is 0 Å². The first-order valence-corrected chi connectivity index (χ1v) is 15.0. The van der Waals surface area contributed by atoms with Crippen LogP contribution in [0.3, 0.4) is 0 Å². The van der Waals surface area contributed by atoms with Gasteiger partial charge in [0.1, 0.15) is 5.92 Å². The predicted molar refractivity (Wildman–Crippen MR) is 169 cm³/mol. The van der Waals surface area contributed by atoms with Gasteiger partial charge in [0.2, 0.25) is 0 Å². The van der Waals surface area contributed by atoms with E-state index in [1.807, 2.05) is 18.2 Å². The summed E-state index contributed by atoms with van der Waals surface area (Å²) in [5.41, 5.74) is 10.3. The molecule has 9 nitrogen and oxygen atoms in total. The van der Waals surface area contributed by atoms with Gasteiger partial charge in [-0.2, -0.15) is 0 Å². The quantitative estimate of drug-likeness (QED) is 0.252. The summed E-state index contributed by atoms with van der Waals surface area (Å²) in [6.45, 7) is 12.5. The molecule has 0 unspecified atom stereocenters. The van der Waals surface area contributed by atoms with Gasteiger partial charge in [-0.1, -0.05) is 26.5 Å². The van der Waals surface area contributed by atoms with Gasteiger partial charge < -0.3 is 29.7 Å². The van der Waals surface area contributed by atoms with Crippen molar-refractivity contribution < 1.29 is 23.9 Å². The van der Waals surface area contributed by atoms with Gasteiger partial charge in [-0.05, 0) is 67.7 Å². The van der Waals surface area contributed by atoms with Gasteiger partial charge in [-0.25, -0.2) is 0 Å². The van der Waals surface area contributed by atoms with Crippen molar-refractivity contribution in [1.29, 1.82) is 0 Å². The maximum atomic E-state index is 13.9. The number of aromatic amines is 3. The van der Waals surface area contributed by atoms with Crippen LogP contribution in [-0.2, 0) is 25.5 Å². The number of nitrogens with one attached hydrogen (secondary N) is 4. The second-order valence-corrected chi connectivity index (χ2v) is 11.8. The number of Topliss-reactive ketones (excluding diaryl/α,β-unsaturated/α-hetero) is 1. The molecule has 9 heteroatoms. The first-order chi connectivity index (χ1) is 21.1. The first-order valence-electron chi connectivity index (χ1n) is 15.0. The molecule has 8 bridgehead atoms. The molecule has 1 aliphatic carbocycles. The molecular formula is C35H38N4O5. The molecular weight excluding hydrogens is 556 g/mol. The van der Waals surface area contributed by atoms with Crippen molar-refractivity contribution in [2.45, 2.75) is 47.0 Å². The lowest BCUT2D eigenvalue weighted by atomic mass is 9.85. The van der Waals surface area contributed by atoms with Gasteiger partial charge in [-0.3, -0.25) is 14.4 Å². The molecule has 1 saturated heterocycles. The Morgan fingerprint density at radius 3 is 2.45 bits per heavy atom. The Kier molecular flexibility index (Phi) is 7.35. The van der Waals surface area contributed by atoms with Crippen LogP contribution in [0.5, 0.6) is 0 Å². The van der Waals surface area contributed by atoms with E-state index in [0.717, 1.165) is 62.3 Å². The monoisotopic (exact) mass is 594 g/mol. The number of H-pyrrole nitrogens is 3. The number of fused-ring (bicyclic) bond motifs is 7. The third-order valence-electron chi connectivity index (χ3n) is 9.55. The van der Waals surface area contributed by atoms with Crippen LogP contribution in [0.25, 0.3) is 29.9 Å². The van der Waals surface area contributed by atoms with Crippen molar-refractivity contribution >= 4 is 47.6 Å². The van der Waals surface area contributed by atoms with Gasteiger partial charge in [0.05, 0.1) is 19.9 Å². The minimum atomic E-state index is -1.12. The van der Waals surface area contributed by atoms with E-state index in [1.165, 1.54) is 19.8 Å². The smallest absolute Gasteiger partial charge is 0.321 e. The van der Waals surface area contributed by atoms with Crippen molar-refractivity contribution in [2.24, 2.45) is 17.8 Å². The second-order valence-electron chi connectivity index (χ2n) is 11.8. The Labute approximate surface area is 255 Å². The summed E-state index contributed by atoms with van der Waals surface area (Å²) in [4.78, 5) is 50.0. The van der Waals surface area contributed by atoms with Gasteiger partial charge >= 0.3 is 11.9 Å². The molecule has 3 atom stereocenters. The number of esters is 2. The fourth-order valence-corrected chi connectivity index (χ4v) is 7.09. The molecule has 5 heterocycles. The molecule has 3 aliphatic rings. The van der Waals surface area contributed by atoms with Crippen molar-refractivity contribution in [3.8, 4) is 0 Å². The number of ether oxygens (including phenoxy) is 2. The number of ketones is 1. The second kappa shape index (κ2) is 11.0. The third-order valence-corrected chi connectivity index (χ3v) is 9.55. The van der Waals surface area contributed by atoms with Crippen molar-refractivity contribution in [3.63, 3.8) is 0 Å². The number of allylic oxidation sites excluding steroid dienone is 2. The molecule has 0 spiro atoms. The van der Waals surface area contributed by atoms with Crippen LogP contribution < -0.4 is 16.0 Å². The van der Waals surface area contributed by atoms with E-state index in [2.05, 4.69) is 66.7 Å². The Morgan fingerprint density at radius 2 is 1.77 bits per heavy atom. The fourth-order valence-electron chi connectivity index (χ4n) is 7.09. The Morgan fingerprint density at radius 1 is 1.00 bits per heavy atom. The van der Waals surface area contributed by atoms with Crippen LogP contribution in [-0.4, -0.2) is 46.9 Å². The average Bonchev–Trinajstić information content (AvgIpc) is 3.77. The first kappa shape index (κ1) is 29.3.